The molecule has 0 amide bonds. The maximum absolute atomic E-state index is 11.0. The summed E-state index contributed by atoms with van der Waals surface area (Å²) in [6, 6.07) is 14.4. The molecule has 0 saturated carbocycles. The predicted molar refractivity (Wildman–Crippen MR) is 111 cm³/mol. The monoisotopic (exact) mass is 413 g/mol. The van der Waals surface area contributed by atoms with Crippen molar-refractivity contribution < 1.29 is 19.4 Å². The molecule has 0 radical (unpaired) electrons. The van der Waals surface area contributed by atoms with Gasteiger partial charge >= 0.3 is 5.97 Å². The van der Waals surface area contributed by atoms with E-state index in [-0.39, 0.29) is 5.56 Å². The fourth-order valence-corrected chi connectivity index (χ4v) is 3.52. The minimum atomic E-state index is -0.960. The van der Waals surface area contributed by atoms with Gasteiger partial charge in [-0.05, 0) is 42.3 Å². The Bertz CT molecular complexity index is 957. The van der Waals surface area contributed by atoms with Crippen LogP contribution in [0.25, 0.3) is 0 Å². The van der Waals surface area contributed by atoms with Crippen LogP contribution in [0.2, 0.25) is 0 Å². The molecule has 7 nitrogen and oxygen atoms in total. The van der Waals surface area contributed by atoms with Gasteiger partial charge in [0.25, 0.3) is 0 Å². The van der Waals surface area contributed by atoms with E-state index in [1.54, 1.807) is 37.1 Å². The average Bonchev–Trinajstić information content (AvgIpc) is 3.08. The van der Waals surface area contributed by atoms with Gasteiger partial charge in [-0.1, -0.05) is 30.0 Å². The minimum absolute atomic E-state index is 0.223. The number of carbonyl (C=O) groups is 1. The fourth-order valence-electron chi connectivity index (χ4n) is 2.68. The summed E-state index contributed by atoms with van der Waals surface area (Å²) in [7, 11) is 3.62. The summed E-state index contributed by atoms with van der Waals surface area (Å²) >= 11 is 1.62. The second-order valence-corrected chi connectivity index (χ2v) is 7.43. The average molecular weight is 413 g/mol. The van der Waals surface area contributed by atoms with E-state index >= 15 is 0 Å². The van der Waals surface area contributed by atoms with E-state index < -0.39 is 5.97 Å². The van der Waals surface area contributed by atoms with Crippen molar-refractivity contribution in [1.82, 2.24) is 14.8 Å². The van der Waals surface area contributed by atoms with Gasteiger partial charge in [-0.25, -0.2) is 4.79 Å². The second-order valence-electron chi connectivity index (χ2n) is 6.37. The number of hydrogen-bond acceptors (Lipinski definition) is 6. The number of benzene rings is 2. The van der Waals surface area contributed by atoms with Crippen LogP contribution in [0.5, 0.6) is 11.5 Å². The molecule has 1 heterocycles. The molecule has 8 heteroatoms. The molecule has 0 aliphatic heterocycles. The first-order valence-corrected chi connectivity index (χ1v) is 10.2. The van der Waals surface area contributed by atoms with Crippen molar-refractivity contribution in [1.29, 1.82) is 0 Å². The number of rotatable bonds is 10. The van der Waals surface area contributed by atoms with Gasteiger partial charge in [-0.2, -0.15) is 0 Å². The summed E-state index contributed by atoms with van der Waals surface area (Å²) in [6.07, 6.45) is 1.51. The van der Waals surface area contributed by atoms with Crippen molar-refractivity contribution in [3.63, 3.8) is 0 Å². The van der Waals surface area contributed by atoms with E-state index in [4.69, 9.17) is 14.6 Å². The first-order valence-electron chi connectivity index (χ1n) is 9.17. The molecule has 0 spiro atoms. The fraction of sp³-hybridized carbons (Fsp3) is 0.286. The first kappa shape index (κ1) is 20.7. The first-order chi connectivity index (χ1) is 14.1. The summed E-state index contributed by atoms with van der Waals surface area (Å²) in [5.74, 6) is 2.17. The van der Waals surface area contributed by atoms with Crippen LogP contribution in [0.1, 0.15) is 28.2 Å². The molecule has 1 N–H and O–H groups in total. The lowest BCUT2D eigenvalue weighted by Crippen LogP contribution is -2.02. The van der Waals surface area contributed by atoms with E-state index in [0.29, 0.717) is 18.8 Å². The molecular formula is C21H23N3O4S. The molecule has 0 atom stereocenters. The van der Waals surface area contributed by atoms with Crippen molar-refractivity contribution in [2.75, 3.05) is 19.5 Å². The van der Waals surface area contributed by atoms with Crippen LogP contribution in [-0.4, -0.2) is 45.3 Å². The summed E-state index contributed by atoms with van der Waals surface area (Å²) in [6.45, 7) is 0.507. The maximum Gasteiger partial charge on any atom is 0.335 e. The second kappa shape index (κ2) is 9.97. The maximum atomic E-state index is 11.0. The molecule has 0 unspecified atom stereocenters. The lowest BCUT2D eigenvalue weighted by molar-refractivity contribution is 0.0696. The Morgan fingerprint density at radius 2 is 1.93 bits per heavy atom. The van der Waals surface area contributed by atoms with Crippen LogP contribution >= 0.6 is 11.8 Å². The van der Waals surface area contributed by atoms with Gasteiger partial charge in [-0.3, -0.25) is 0 Å². The summed E-state index contributed by atoms with van der Waals surface area (Å²) in [5, 5.41) is 18.5. The number of ether oxygens (including phenoxy) is 2. The molecule has 0 bridgehead atoms. The van der Waals surface area contributed by atoms with Crippen molar-refractivity contribution >= 4 is 17.7 Å². The quantitative estimate of drug-likeness (QED) is 0.401. The third kappa shape index (κ3) is 5.74. The van der Waals surface area contributed by atoms with Crippen LogP contribution in [0, 0.1) is 0 Å². The van der Waals surface area contributed by atoms with Gasteiger partial charge < -0.3 is 19.1 Å². The van der Waals surface area contributed by atoms with Crippen LogP contribution < -0.4 is 9.47 Å². The number of methoxy groups -OCH3 is 1. The number of aromatic carboxylic acids is 1. The highest BCUT2D eigenvalue weighted by molar-refractivity contribution is 7.99. The summed E-state index contributed by atoms with van der Waals surface area (Å²) in [4.78, 5) is 11.0. The zero-order chi connectivity index (χ0) is 20.6. The van der Waals surface area contributed by atoms with E-state index in [0.717, 1.165) is 34.5 Å². The van der Waals surface area contributed by atoms with Gasteiger partial charge in [-0.15, -0.1) is 10.2 Å². The van der Waals surface area contributed by atoms with Crippen LogP contribution in [0.3, 0.4) is 0 Å². The Morgan fingerprint density at radius 3 is 2.66 bits per heavy atom. The van der Waals surface area contributed by atoms with Crippen LogP contribution in [0.4, 0.5) is 0 Å². The Kier molecular flexibility index (Phi) is 7.13. The van der Waals surface area contributed by atoms with E-state index in [1.807, 2.05) is 35.9 Å². The SMILES string of the molecule is COc1ccc(Cc2nnc(SCCCOc3cccc(C(=O)O)c3)n2C)cc1. The van der Waals surface area contributed by atoms with Gasteiger partial charge in [0, 0.05) is 19.2 Å². The van der Waals surface area contributed by atoms with Crippen molar-refractivity contribution in [3.8, 4) is 11.5 Å². The molecule has 29 heavy (non-hydrogen) atoms. The number of carboxylic acids is 1. The topological polar surface area (TPSA) is 86.5 Å². The minimum Gasteiger partial charge on any atom is -0.497 e. The third-order valence-corrected chi connectivity index (χ3v) is 5.42. The number of hydrogen-bond donors (Lipinski definition) is 1. The lowest BCUT2D eigenvalue weighted by Gasteiger charge is -2.07. The largest absolute Gasteiger partial charge is 0.497 e. The summed E-state index contributed by atoms with van der Waals surface area (Å²) in [5.41, 5.74) is 1.37. The Hall–Kier alpha value is -3.00. The van der Waals surface area contributed by atoms with Gasteiger partial charge in [0.15, 0.2) is 5.16 Å². The highest BCUT2D eigenvalue weighted by Crippen LogP contribution is 2.20. The molecule has 3 rings (SSSR count). The van der Waals surface area contributed by atoms with E-state index in [9.17, 15) is 4.79 Å². The molecular weight excluding hydrogens is 390 g/mol. The van der Waals surface area contributed by atoms with E-state index in [2.05, 4.69) is 10.2 Å². The number of carboxylic acid groups (broad SMARTS) is 1. The molecule has 0 saturated heterocycles. The standard InChI is InChI=1S/C21H23N3O4S/c1-24-19(13-15-7-9-17(27-2)10-8-15)22-23-21(24)29-12-4-11-28-18-6-3-5-16(14-18)20(25)26/h3,5-10,14H,4,11-13H2,1-2H3,(H,25,26). The molecule has 0 aliphatic carbocycles. The third-order valence-electron chi connectivity index (χ3n) is 4.32. The molecule has 152 valence electrons. The van der Waals surface area contributed by atoms with Gasteiger partial charge in [0.05, 0.1) is 19.3 Å². The summed E-state index contributed by atoms with van der Waals surface area (Å²) < 4.78 is 12.8. The number of nitrogens with zero attached hydrogens (tertiary/aromatic N) is 3. The lowest BCUT2D eigenvalue weighted by atomic mass is 10.1. The zero-order valence-corrected chi connectivity index (χ0v) is 17.2. The van der Waals surface area contributed by atoms with E-state index in [1.165, 1.54) is 6.07 Å². The number of thioether (sulfide) groups is 1. The Morgan fingerprint density at radius 1 is 1.14 bits per heavy atom. The normalized spacial score (nSPS) is 10.7. The Labute approximate surface area is 173 Å². The smallest absolute Gasteiger partial charge is 0.335 e. The highest BCUT2D eigenvalue weighted by atomic mass is 32.2. The predicted octanol–water partition coefficient (Wildman–Crippen LogP) is 3.67. The van der Waals surface area contributed by atoms with Crippen molar-refractivity contribution in [2.24, 2.45) is 7.05 Å². The van der Waals surface area contributed by atoms with Gasteiger partial charge in [0.1, 0.15) is 17.3 Å². The molecule has 0 aliphatic rings. The van der Waals surface area contributed by atoms with Crippen molar-refractivity contribution in [2.45, 2.75) is 18.0 Å². The molecule has 2 aromatic carbocycles. The van der Waals surface area contributed by atoms with Crippen LogP contribution in [0.15, 0.2) is 53.7 Å². The Balaban J connectivity index is 1.45. The number of aromatic nitrogens is 3. The van der Waals surface area contributed by atoms with Gasteiger partial charge in [0.2, 0.25) is 0 Å². The zero-order valence-electron chi connectivity index (χ0n) is 16.4. The molecule has 3 aromatic rings. The highest BCUT2D eigenvalue weighted by Gasteiger charge is 2.10. The van der Waals surface area contributed by atoms with Crippen LogP contribution in [-0.2, 0) is 13.5 Å². The molecule has 0 fully saturated rings. The molecule has 1 aromatic heterocycles. The van der Waals surface area contributed by atoms with Crippen molar-refractivity contribution in [3.05, 3.63) is 65.5 Å².